The van der Waals surface area contributed by atoms with Gasteiger partial charge in [-0.3, -0.25) is 4.98 Å². The Balaban J connectivity index is 2.11. The fraction of sp³-hybridized carbons (Fsp3) is 0.0909. The Morgan fingerprint density at radius 3 is 3.00 bits per heavy atom. The third-order valence-corrected chi connectivity index (χ3v) is 3.12. The maximum Gasteiger partial charge on any atom is 0.337 e. The maximum absolute atomic E-state index is 10.9. The summed E-state index contributed by atoms with van der Waals surface area (Å²) in [5.74, 6) is -0.599. The van der Waals surface area contributed by atoms with E-state index in [1.807, 2.05) is 0 Å². The van der Waals surface area contributed by atoms with E-state index in [-0.39, 0.29) is 10.6 Å². The molecule has 1 aromatic carbocycles. The topological polar surface area (TPSA) is 59.4 Å². The monoisotopic (exact) mass is 269 g/mol. The van der Waals surface area contributed by atoms with E-state index < -0.39 is 5.97 Å². The van der Waals surface area contributed by atoms with Crippen molar-refractivity contribution in [3.63, 3.8) is 0 Å². The van der Waals surface area contributed by atoms with Crippen molar-refractivity contribution in [3.8, 4) is 5.75 Å². The van der Waals surface area contributed by atoms with E-state index in [9.17, 15) is 4.79 Å². The van der Waals surface area contributed by atoms with Crippen molar-refractivity contribution in [3.05, 3.63) is 45.4 Å². The van der Waals surface area contributed by atoms with Crippen LogP contribution in [-0.4, -0.2) is 16.1 Å². The third-order valence-electron chi connectivity index (χ3n) is 2.03. The van der Waals surface area contributed by atoms with E-state index in [0.717, 1.165) is 4.88 Å². The zero-order valence-corrected chi connectivity index (χ0v) is 10.2. The highest BCUT2D eigenvalue weighted by molar-refractivity contribution is 7.09. The van der Waals surface area contributed by atoms with Gasteiger partial charge in [0, 0.05) is 6.20 Å². The number of nitrogens with zero attached hydrogens (tertiary/aromatic N) is 1. The van der Waals surface area contributed by atoms with Crippen LogP contribution in [0.15, 0.2) is 29.9 Å². The van der Waals surface area contributed by atoms with Gasteiger partial charge in [0.2, 0.25) is 0 Å². The molecule has 0 radical (unpaired) electrons. The molecular weight excluding hydrogens is 262 g/mol. The van der Waals surface area contributed by atoms with Crippen molar-refractivity contribution < 1.29 is 14.6 Å². The molecule has 1 N–H and O–H groups in total. The highest BCUT2D eigenvalue weighted by atomic mass is 35.5. The quantitative estimate of drug-likeness (QED) is 0.927. The van der Waals surface area contributed by atoms with Gasteiger partial charge in [-0.2, -0.15) is 0 Å². The van der Waals surface area contributed by atoms with Gasteiger partial charge >= 0.3 is 5.97 Å². The average molecular weight is 270 g/mol. The third kappa shape index (κ3) is 2.95. The number of aromatic carboxylic acids is 1. The van der Waals surface area contributed by atoms with Crippen molar-refractivity contribution in [2.75, 3.05) is 0 Å². The molecule has 0 saturated heterocycles. The first-order chi connectivity index (χ1) is 8.16. The lowest BCUT2D eigenvalue weighted by Crippen LogP contribution is -1.99. The molecule has 2 aromatic rings. The molecule has 0 aliphatic rings. The Hall–Kier alpha value is -1.59. The van der Waals surface area contributed by atoms with Crippen molar-refractivity contribution in [2.45, 2.75) is 6.61 Å². The van der Waals surface area contributed by atoms with Crippen LogP contribution in [0, 0.1) is 0 Å². The van der Waals surface area contributed by atoms with Crippen LogP contribution in [0.3, 0.4) is 0 Å². The summed E-state index contributed by atoms with van der Waals surface area (Å²) in [5.41, 5.74) is 1.75. The molecular formula is C11H8ClNO3S. The summed E-state index contributed by atoms with van der Waals surface area (Å²) < 4.78 is 5.44. The number of thiazole rings is 1. The molecule has 1 heterocycles. The molecule has 0 aliphatic heterocycles. The molecule has 0 amide bonds. The summed E-state index contributed by atoms with van der Waals surface area (Å²) in [4.78, 5) is 15.7. The SMILES string of the molecule is O=C(O)c1cc(OCc2cncs2)ccc1Cl. The molecule has 0 saturated carbocycles. The number of benzene rings is 1. The minimum Gasteiger partial charge on any atom is -0.488 e. The van der Waals surface area contributed by atoms with Gasteiger partial charge < -0.3 is 9.84 Å². The van der Waals surface area contributed by atoms with E-state index in [1.54, 1.807) is 17.8 Å². The summed E-state index contributed by atoms with van der Waals surface area (Å²) in [5, 5.41) is 9.09. The number of carboxylic acids is 1. The molecule has 0 spiro atoms. The molecule has 2 rings (SSSR count). The first kappa shape index (κ1) is 11.9. The lowest BCUT2D eigenvalue weighted by Gasteiger charge is -2.06. The number of halogens is 1. The lowest BCUT2D eigenvalue weighted by molar-refractivity contribution is 0.0696. The Morgan fingerprint density at radius 1 is 1.53 bits per heavy atom. The number of hydrogen-bond donors (Lipinski definition) is 1. The van der Waals surface area contributed by atoms with E-state index in [2.05, 4.69) is 4.98 Å². The van der Waals surface area contributed by atoms with Gasteiger partial charge in [0.05, 0.1) is 21.0 Å². The molecule has 6 heteroatoms. The zero-order chi connectivity index (χ0) is 12.3. The second-order valence-corrected chi connectivity index (χ2v) is 4.58. The largest absolute Gasteiger partial charge is 0.488 e. The summed E-state index contributed by atoms with van der Waals surface area (Å²) in [6, 6.07) is 4.55. The molecule has 0 bridgehead atoms. The normalized spacial score (nSPS) is 10.2. The summed E-state index contributed by atoms with van der Waals surface area (Å²) >= 11 is 7.22. The summed E-state index contributed by atoms with van der Waals surface area (Å²) in [7, 11) is 0. The molecule has 0 atom stereocenters. The number of hydrogen-bond acceptors (Lipinski definition) is 4. The first-order valence-electron chi connectivity index (χ1n) is 4.70. The summed E-state index contributed by atoms with van der Waals surface area (Å²) in [6.45, 7) is 0.366. The molecule has 0 fully saturated rings. The summed E-state index contributed by atoms with van der Waals surface area (Å²) in [6.07, 6.45) is 1.71. The Morgan fingerprint density at radius 2 is 2.35 bits per heavy atom. The van der Waals surface area contributed by atoms with E-state index in [0.29, 0.717) is 12.4 Å². The Kier molecular flexibility index (Phi) is 3.61. The lowest BCUT2D eigenvalue weighted by atomic mass is 10.2. The van der Waals surface area contributed by atoms with Crippen molar-refractivity contribution in [1.82, 2.24) is 4.98 Å². The first-order valence-corrected chi connectivity index (χ1v) is 5.95. The van der Waals surface area contributed by atoms with E-state index >= 15 is 0 Å². The van der Waals surface area contributed by atoms with Gasteiger partial charge in [0.15, 0.2) is 0 Å². The fourth-order valence-electron chi connectivity index (χ4n) is 1.23. The molecule has 0 aliphatic carbocycles. The van der Waals surface area contributed by atoms with Crippen LogP contribution in [0.2, 0.25) is 5.02 Å². The van der Waals surface area contributed by atoms with Crippen LogP contribution in [0.1, 0.15) is 15.2 Å². The predicted molar refractivity (Wildman–Crippen MR) is 64.9 cm³/mol. The predicted octanol–water partition coefficient (Wildman–Crippen LogP) is 3.07. The maximum atomic E-state index is 10.9. The van der Waals surface area contributed by atoms with Gasteiger partial charge in [0.25, 0.3) is 0 Å². The minimum atomic E-state index is -1.07. The number of aromatic nitrogens is 1. The zero-order valence-electron chi connectivity index (χ0n) is 8.59. The van der Waals surface area contributed by atoms with Gasteiger partial charge in [-0.1, -0.05) is 11.6 Å². The Bertz CT molecular complexity index is 528. The van der Waals surface area contributed by atoms with E-state index in [1.165, 1.54) is 23.5 Å². The smallest absolute Gasteiger partial charge is 0.337 e. The number of rotatable bonds is 4. The molecule has 17 heavy (non-hydrogen) atoms. The molecule has 0 unspecified atom stereocenters. The van der Waals surface area contributed by atoms with Crippen LogP contribution in [-0.2, 0) is 6.61 Å². The number of ether oxygens (including phenoxy) is 1. The van der Waals surface area contributed by atoms with Crippen LogP contribution < -0.4 is 4.74 Å². The second kappa shape index (κ2) is 5.16. The van der Waals surface area contributed by atoms with Gasteiger partial charge in [-0.05, 0) is 18.2 Å². The number of carbonyl (C=O) groups is 1. The van der Waals surface area contributed by atoms with Crippen molar-refractivity contribution in [2.24, 2.45) is 0 Å². The van der Waals surface area contributed by atoms with Crippen LogP contribution in [0.4, 0.5) is 0 Å². The molecule has 1 aromatic heterocycles. The van der Waals surface area contributed by atoms with Gasteiger partial charge in [0.1, 0.15) is 12.4 Å². The fourth-order valence-corrected chi connectivity index (χ4v) is 1.93. The van der Waals surface area contributed by atoms with Crippen molar-refractivity contribution in [1.29, 1.82) is 0 Å². The van der Waals surface area contributed by atoms with E-state index in [4.69, 9.17) is 21.4 Å². The highest BCUT2D eigenvalue weighted by Crippen LogP contribution is 2.23. The number of carboxylic acid groups (broad SMARTS) is 1. The minimum absolute atomic E-state index is 0.0356. The Labute approximate surface area is 106 Å². The van der Waals surface area contributed by atoms with Crippen LogP contribution in [0.5, 0.6) is 5.75 Å². The average Bonchev–Trinajstić information content (AvgIpc) is 2.80. The highest BCUT2D eigenvalue weighted by Gasteiger charge is 2.10. The second-order valence-electron chi connectivity index (χ2n) is 3.20. The van der Waals surface area contributed by atoms with Gasteiger partial charge in [-0.15, -0.1) is 11.3 Å². The molecule has 4 nitrogen and oxygen atoms in total. The molecule has 88 valence electrons. The van der Waals surface area contributed by atoms with Crippen LogP contribution >= 0.6 is 22.9 Å². The standard InChI is InChI=1S/C11H8ClNO3S/c12-10-2-1-7(3-9(10)11(14)15)16-5-8-4-13-6-17-8/h1-4,6H,5H2,(H,14,15). The van der Waals surface area contributed by atoms with Crippen molar-refractivity contribution >= 4 is 28.9 Å². The van der Waals surface area contributed by atoms with Crippen LogP contribution in [0.25, 0.3) is 0 Å². The van der Waals surface area contributed by atoms with Gasteiger partial charge in [-0.25, -0.2) is 4.79 Å².